The Morgan fingerprint density at radius 2 is 1.80 bits per heavy atom. The van der Waals surface area contributed by atoms with Crippen molar-refractivity contribution < 1.29 is 17.6 Å². The fourth-order valence-electron chi connectivity index (χ4n) is 2.87. The maximum atomic E-state index is 13.2. The molecule has 30 heavy (non-hydrogen) atoms. The number of aryl methyl sites for hydroxylation is 1. The monoisotopic (exact) mass is 450 g/mol. The van der Waals surface area contributed by atoms with Gasteiger partial charge in [0.1, 0.15) is 11.0 Å². The average molecular weight is 451 g/mol. The molecule has 0 bridgehead atoms. The number of aromatic nitrogens is 2. The van der Waals surface area contributed by atoms with Crippen LogP contribution in [0.15, 0.2) is 53.4 Å². The van der Waals surface area contributed by atoms with Crippen molar-refractivity contribution in [1.29, 1.82) is 0 Å². The van der Waals surface area contributed by atoms with E-state index in [-0.39, 0.29) is 22.2 Å². The molecule has 0 radical (unpaired) electrons. The summed E-state index contributed by atoms with van der Waals surface area (Å²) in [5, 5.41) is 7.04. The molecule has 0 saturated heterocycles. The van der Waals surface area contributed by atoms with Gasteiger partial charge in [0.25, 0.3) is 5.91 Å². The minimum atomic E-state index is -3.66. The first-order valence-electron chi connectivity index (χ1n) is 8.92. The lowest BCUT2D eigenvalue weighted by molar-refractivity contribution is 0.0950. The average Bonchev–Trinajstić information content (AvgIpc) is 3.01. The van der Waals surface area contributed by atoms with Gasteiger partial charge in [-0.3, -0.25) is 4.79 Å². The van der Waals surface area contributed by atoms with Crippen LogP contribution in [-0.4, -0.2) is 42.5 Å². The molecule has 1 amide bonds. The van der Waals surface area contributed by atoms with E-state index >= 15 is 0 Å². The van der Waals surface area contributed by atoms with Gasteiger partial charge in [0, 0.05) is 20.6 Å². The van der Waals surface area contributed by atoms with E-state index in [4.69, 9.17) is 11.6 Å². The zero-order valence-electron chi connectivity index (χ0n) is 16.6. The van der Waals surface area contributed by atoms with E-state index in [0.29, 0.717) is 16.9 Å². The van der Waals surface area contributed by atoms with E-state index < -0.39 is 21.7 Å². The maximum absolute atomic E-state index is 13.2. The van der Waals surface area contributed by atoms with Crippen molar-refractivity contribution >= 4 is 27.5 Å². The van der Waals surface area contributed by atoms with Crippen molar-refractivity contribution in [2.45, 2.75) is 18.4 Å². The maximum Gasteiger partial charge on any atom is 0.256 e. The topological polar surface area (TPSA) is 84.3 Å². The van der Waals surface area contributed by atoms with E-state index in [1.807, 2.05) is 0 Å². The first kappa shape index (κ1) is 21.9. The Bertz CT molecular complexity index is 1190. The Hall–Kier alpha value is -2.75. The van der Waals surface area contributed by atoms with Gasteiger partial charge in [-0.1, -0.05) is 29.8 Å². The molecule has 0 fully saturated rings. The summed E-state index contributed by atoms with van der Waals surface area (Å²) in [7, 11) is -0.779. The molecule has 158 valence electrons. The summed E-state index contributed by atoms with van der Waals surface area (Å²) in [6.07, 6.45) is 0. The van der Waals surface area contributed by atoms with Crippen molar-refractivity contribution in [3.05, 3.63) is 76.3 Å². The predicted molar refractivity (Wildman–Crippen MR) is 112 cm³/mol. The first-order chi connectivity index (χ1) is 14.1. The second-order valence-corrected chi connectivity index (χ2v) is 9.20. The highest BCUT2D eigenvalue weighted by Gasteiger charge is 2.23. The molecule has 7 nitrogen and oxygen atoms in total. The van der Waals surface area contributed by atoms with Crippen LogP contribution in [-0.2, 0) is 16.6 Å². The molecule has 10 heteroatoms. The summed E-state index contributed by atoms with van der Waals surface area (Å²) >= 11 is 6.37. The molecular formula is C20H20ClFN4O3S. The summed E-state index contributed by atoms with van der Waals surface area (Å²) in [4.78, 5) is 12.9. The van der Waals surface area contributed by atoms with Crippen LogP contribution >= 0.6 is 11.6 Å². The molecule has 1 heterocycles. The fraction of sp³-hybridized carbons (Fsp3) is 0.200. The Morgan fingerprint density at radius 3 is 2.43 bits per heavy atom. The minimum Gasteiger partial charge on any atom is -0.348 e. The number of benzene rings is 2. The smallest absolute Gasteiger partial charge is 0.256 e. The van der Waals surface area contributed by atoms with Crippen molar-refractivity contribution in [1.82, 2.24) is 19.4 Å². The van der Waals surface area contributed by atoms with Crippen molar-refractivity contribution in [3.63, 3.8) is 0 Å². The van der Waals surface area contributed by atoms with Crippen LogP contribution in [0, 0.1) is 12.7 Å². The summed E-state index contributed by atoms with van der Waals surface area (Å²) in [5.74, 6) is -0.897. The third-order valence-corrected chi connectivity index (χ3v) is 6.74. The van der Waals surface area contributed by atoms with Gasteiger partial charge < -0.3 is 5.32 Å². The molecular weight excluding hydrogens is 431 g/mol. The van der Waals surface area contributed by atoms with Gasteiger partial charge >= 0.3 is 0 Å². The van der Waals surface area contributed by atoms with Gasteiger partial charge in [0.05, 0.1) is 21.8 Å². The van der Waals surface area contributed by atoms with Crippen LogP contribution in [0.25, 0.3) is 5.69 Å². The number of nitrogens with one attached hydrogen (secondary N) is 1. The Kier molecular flexibility index (Phi) is 6.25. The number of carbonyl (C=O) groups is 1. The summed E-state index contributed by atoms with van der Waals surface area (Å²) in [6.45, 7) is 1.62. The van der Waals surface area contributed by atoms with Crippen LogP contribution in [0.4, 0.5) is 4.39 Å². The number of hydrogen-bond acceptors (Lipinski definition) is 4. The molecule has 2 aromatic carbocycles. The van der Waals surface area contributed by atoms with Crippen molar-refractivity contribution in [2.75, 3.05) is 14.1 Å². The second-order valence-electron chi connectivity index (χ2n) is 6.72. The molecule has 0 unspecified atom stereocenters. The highest BCUT2D eigenvalue weighted by atomic mass is 35.5. The predicted octanol–water partition coefficient (Wildman–Crippen LogP) is 3.15. The molecule has 0 aliphatic carbocycles. The molecule has 0 atom stereocenters. The lowest BCUT2D eigenvalue weighted by Crippen LogP contribution is -2.27. The zero-order valence-corrected chi connectivity index (χ0v) is 18.1. The van der Waals surface area contributed by atoms with Gasteiger partial charge in [-0.2, -0.15) is 5.10 Å². The second kappa shape index (κ2) is 8.55. The van der Waals surface area contributed by atoms with Crippen LogP contribution in [0.1, 0.15) is 21.6 Å². The SMILES string of the molecule is Cc1nn(-c2ccc(F)cc2)c(Cl)c1C(=O)NCc1ccccc1S(=O)(=O)N(C)C. The van der Waals surface area contributed by atoms with Crippen LogP contribution in [0.3, 0.4) is 0 Å². The van der Waals surface area contributed by atoms with Gasteiger partial charge in [-0.25, -0.2) is 21.8 Å². The number of halogens is 2. The number of rotatable bonds is 6. The van der Waals surface area contributed by atoms with Gasteiger partial charge in [0.15, 0.2) is 0 Å². The minimum absolute atomic E-state index is 0.0143. The van der Waals surface area contributed by atoms with E-state index in [9.17, 15) is 17.6 Å². The summed E-state index contributed by atoms with van der Waals surface area (Å²) < 4.78 is 40.7. The normalized spacial score (nSPS) is 11.7. The molecule has 0 saturated carbocycles. The van der Waals surface area contributed by atoms with Gasteiger partial charge in [0.2, 0.25) is 10.0 Å². The molecule has 1 aromatic heterocycles. The number of nitrogens with zero attached hydrogens (tertiary/aromatic N) is 3. The summed E-state index contributed by atoms with van der Waals surface area (Å²) in [6, 6.07) is 12.0. The van der Waals surface area contributed by atoms with Crippen LogP contribution < -0.4 is 5.32 Å². The van der Waals surface area contributed by atoms with Crippen molar-refractivity contribution in [2.24, 2.45) is 0 Å². The van der Waals surface area contributed by atoms with Gasteiger partial charge in [-0.05, 0) is 42.8 Å². The summed E-state index contributed by atoms with van der Waals surface area (Å²) in [5.41, 5.74) is 1.50. The van der Waals surface area contributed by atoms with Crippen molar-refractivity contribution in [3.8, 4) is 5.69 Å². The quantitative estimate of drug-likeness (QED) is 0.625. The lowest BCUT2D eigenvalue weighted by atomic mass is 10.2. The molecule has 0 spiro atoms. The Morgan fingerprint density at radius 1 is 1.17 bits per heavy atom. The van der Waals surface area contributed by atoms with Crippen LogP contribution in [0.2, 0.25) is 5.15 Å². The Labute approximate surface area is 179 Å². The molecule has 3 aromatic rings. The van der Waals surface area contributed by atoms with E-state index in [2.05, 4.69) is 10.4 Å². The Balaban J connectivity index is 1.86. The van der Waals surface area contributed by atoms with E-state index in [1.54, 1.807) is 25.1 Å². The lowest BCUT2D eigenvalue weighted by Gasteiger charge is -2.15. The van der Waals surface area contributed by atoms with Gasteiger partial charge in [-0.15, -0.1) is 0 Å². The van der Waals surface area contributed by atoms with E-state index in [0.717, 1.165) is 4.31 Å². The fourth-order valence-corrected chi connectivity index (χ4v) is 4.35. The molecule has 1 N–H and O–H groups in total. The highest BCUT2D eigenvalue weighted by molar-refractivity contribution is 7.89. The van der Waals surface area contributed by atoms with Crippen LogP contribution in [0.5, 0.6) is 0 Å². The third kappa shape index (κ3) is 4.23. The molecule has 0 aliphatic heterocycles. The molecule has 0 aliphatic rings. The zero-order chi connectivity index (χ0) is 22.1. The number of sulfonamides is 1. The number of hydrogen-bond donors (Lipinski definition) is 1. The highest BCUT2D eigenvalue weighted by Crippen LogP contribution is 2.24. The number of amides is 1. The first-order valence-corrected chi connectivity index (χ1v) is 10.7. The third-order valence-electron chi connectivity index (χ3n) is 4.47. The van der Waals surface area contributed by atoms with E-state index in [1.165, 1.54) is 49.1 Å². The largest absolute Gasteiger partial charge is 0.348 e. The molecule has 3 rings (SSSR count). The number of carbonyl (C=O) groups excluding carboxylic acids is 1. The standard InChI is InChI=1S/C20H20ClFN4O3S/c1-13-18(19(21)26(24-13)16-10-8-15(22)9-11-16)20(27)23-12-14-6-4-5-7-17(14)30(28,29)25(2)3/h4-11H,12H2,1-3H3,(H,23,27).